The second-order valence-electron chi connectivity index (χ2n) is 5.37. The molecule has 0 saturated carbocycles. The fourth-order valence-corrected chi connectivity index (χ4v) is 1.35. The summed E-state index contributed by atoms with van der Waals surface area (Å²) in [6.07, 6.45) is 0.262. The van der Waals surface area contributed by atoms with Crippen LogP contribution < -0.4 is 0 Å². The Labute approximate surface area is 128 Å². The van der Waals surface area contributed by atoms with Crippen LogP contribution in [0.25, 0.3) is 0 Å². The maximum atomic E-state index is 11.4. The number of carbonyl (C=O) groups excluding carboxylic acids is 1. The Balaban J connectivity index is 3.17. The Morgan fingerprint density at radius 2 is 1.19 bits per heavy atom. The van der Waals surface area contributed by atoms with Crippen LogP contribution in [0.5, 0.6) is 0 Å². The average molecular weight is 306 g/mol. The molecule has 0 fully saturated rings. The Morgan fingerprint density at radius 3 is 1.62 bits per heavy atom. The molecule has 0 bridgehead atoms. The topological polar surface area (TPSA) is 63.2 Å². The number of rotatable bonds is 13. The Hall–Kier alpha value is -0.690. The molecule has 6 nitrogen and oxygen atoms in total. The van der Waals surface area contributed by atoms with Crippen molar-refractivity contribution in [3.63, 3.8) is 0 Å². The van der Waals surface area contributed by atoms with Gasteiger partial charge >= 0.3 is 5.97 Å². The molecule has 0 radical (unpaired) electrons. The van der Waals surface area contributed by atoms with Crippen molar-refractivity contribution in [3.05, 3.63) is 0 Å². The lowest BCUT2D eigenvalue weighted by atomic mass is 10.2. The van der Waals surface area contributed by atoms with Crippen molar-refractivity contribution in [3.8, 4) is 0 Å². The summed E-state index contributed by atoms with van der Waals surface area (Å²) in [6.45, 7) is 11.8. The van der Waals surface area contributed by atoms with Crippen molar-refractivity contribution in [1.82, 2.24) is 0 Å². The molecule has 0 aromatic heterocycles. The van der Waals surface area contributed by atoms with Gasteiger partial charge in [-0.25, -0.2) is 0 Å². The smallest absolute Gasteiger partial charge is 0.308 e. The van der Waals surface area contributed by atoms with Crippen LogP contribution in [-0.4, -0.2) is 64.4 Å². The zero-order valence-electron chi connectivity index (χ0n) is 13.8. The summed E-state index contributed by atoms with van der Waals surface area (Å²) in [7, 11) is 0. The molecular weight excluding hydrogens is 276 g/mol. The molecule has 0 heterocycles. The predicted octanol–water partition coefficient (Wildman–Crippen LogP) is 1.80. The van der Waals surface area contributed by atoms with E-state index in [1.54, 1.807) is 0 Å². The van der Waals surface area contributed by atoms with Crippen LogP contribution >= 0.6 is 0 Å². The van der Waals surface area contributed by atoms with Gasteiger partial charge in [-0.05, 0) is 27.7 Å². The number of carbonyl (C=O) groups is 1. The Bertz CT molecular complexity index is 249. The summed E-state index contributed by atoms with van der Waals surface area (Å²) >= 11 is 0. The third-order valence-corrected chi connectivity index (χ3v) is 2.19. The molecule has 0 aliphatic carbocycles. The summed E-state index contributed by atoms with van der Waals surface area (Å²) in [6, 6.07) is 0. The first-order valence-corrected chi connectivity index (χ1v) is 7.48. The number of hydrogen-bond donors (Lipinski definition) is 0. The number of esters is 1. The summed E-state index contributed by atoms with van der Waals surface area (Å²) in [5, 5.41) is 0. The lowest BCUT2D eigenvalue weighted by Crippen LogP contribution is -2.24. The second-order valence-corrected chi connectivity index (χ2v) is 5.37. The molecule has 0 saturated heterocycles. The predicted molar refractivity (Wildman–Crippen MR) is 79.4 cm³/mol. The summed E-state index contributed by atoms with van der Waals surface area (Å²) in [5.74, 6) is -0.244. The van der Waals surface area contributed by atoms with Gasteiger partial charge in [0.15, 0.2) is 0 Å². The standard InChI is InChI=1S/C15H30O6/c1-5-17-8-9-19-12-13-20-11-10-18-7-6-14(16)21-15(2,3)4/h5-13H2,1-4H3. The van der Waals surface area contributed by atoms with Crippen LogP contribution in [0.2, 0.25) is 0 Å². The highest BCUT2D eigenvalue weighted by Gasteiger charge is 2.15. The largest absolute Gasteiger partial charge is 0.460 e. The van der Waals surface area contributed by atoms with Crippen LogP contribution in [-0.2, 0) is 28.5 Å². The van der Waals surface area contributed by atoms with E-state index in [0.717, 1.165) is 0 Å². The molecule has 0 rings (SSSR count). The molecule has 0 N–H and O–H groups in total. The molecule has 21 heavy (non-hydrogen) atoms. The Kier molecular flexibility index (Phi) is 12.6. The van der Waals surface area contributed by atoms with Crippen LogP contribution in [0.3, 0.4) is 0 Å². The molecule has 0 unspecified atom stereocenters. The van der Waals surface area contributed by atoms with Gasteiger partial charge < -0.3 is 23.7 Å². The molecular formula is C15H30O6. The fraction of sp³-hybridized carbons (Fsp3) is 0.933. The third-order valence-electron chi connectivity index (χ3n) is 2.19. The van der Waals surface area contributed by atoms with Crippen molar-refractivity contribution in [2.24, 2.45) is 0 Å². The number of ether oxygens (including phenoxy) is 5. The molecule has 0 aromatic carbocycles. The lowest BCUT2D eigenvalue weighted by Gasteiger charge is -2.19. The van der Waals surface area contributed by atoms with Gasteiger partial charge in [-0.3, -0.25) is 4.79 Å². The zero-order chi connectivity index (χ0) is 16.0. The highest BCUT2D eigenvalue weighted by Crippen LogP contribution is 2.07. The van der Waals surface area contributed by atoms with Gasteiger partial charge in [-0.1, -0.05) is 0 Å². The van der Waals surface area contributed by atoms with Crippen LogP contribution in [0.1, 0.15) is 34.1 Å². The van der Waals surface area contributed by atoms with Gasteiger partial charge in [0.05, 0.1) is 52.7 Å². The molecule has 0 atom stereocenters. The molecule has 6 heteroatoms. The average Bonchev–Trinajstić information content (AvgIpc) is 2.38. The van der Waals surface area contributed by atoms with Crippen molar-refractivity contribution in [2.45, 2.75) is 39.7 Å². The lowest BCUT2D eigenvalue weighted by molar-refractivity contribution is -0.156. The van der Waals surface area contributed by atoms with E-state index in [9.17, 15) is 4.79 Å². The normalized spacial score (nSPS) is 11.6. The van der Waals surface area contributed by atoms with E-state index in [1.165, 1.54) is 0 Å². The van der Waals surface area contributed by atoms with Gasteiger partial charge in [0, 0.05) is 6.61 Å². The molecule has 0 amide bonds. The summed E-state index contributed by atoms with van der Waals surface area (Å²) < 4.78 is 26.2. The maximum Gasteiger partial charge on any atom is 0.308 e. The third kappa shape index (κ3) is 17.3. The first-order valence-electron chi connectivity index (χ1n) is 7.48. The van der Waals surface area contributed by atoms with Crippen molar-refractivity contribution in [1.29, 1.82) is 0 Å². The van der Waals surface area contributed by atoms with E-state index in [4.69, 9.17) is 23.7 Å². The van der Waals surface area contributed by atoms with Gasteiger partial charge in [0.2, 0.25) is 0 Å². The Morgan fingerprint density at radius 1 is 0.762 bits per heavy atom. The monoisotopic (exact) mass is 306 g/mol. The quantitative estimate of drug-likeness (QED) is 0.382. The molecule has 0 aromatic rings. The highest BCUT2D eigenvalue weighted by atomic mass is 16.6. The first-order chi connectivity index (χ1) is 9.95. The van der Waals surface area contributed by atoms with Crippen molar-refractivity contribution < 1.29 is 28.5 Å². The van der Waals surface area contributed by atoms with E-state index in [-0.39, 0.29) is 12.4 Å². The van der Waals surface area contributed by atoms with E-state index in [1.807, 2.05) is 27.7 Å². The first kappa shape index (κ1) is 20.3. The van der Waals surface area contributed by atoms with Gasteiger partial charge in [0.25, 0.3) is 0 Å². The van der Waals surface area contributed by atoms with E-state index in [0.29, 0.717) is 52.9 Å². The van der Waals surface area contributed by atoms with E-state index < -0.39 is 5.60 Å². The summed E-state index contributed by atoms with van der Waals surface area (Å²) in [5.41, 5.74) is -0.442. The summed E-state index contributed by atoms with van der Waals surface area (Å²) in [4.78, 5) is 11.4. The minimum atomic E-state index is -0.442. The van der Waals surface area contributed by atoms with Gasteiger partial charge in [0.1, 0.15) is 5.60 Å². The van der Waals surface area contributed by atoms with Crippen molar-refractivity contribution >= 4 is 5.97 Å². The van der Waals surface area contributed by atoms with E-state index >= 15 is 0 Å². The zero-order valence-corrected chi connectivity index (χ0v) is 13.8. The maximum absolute atomic E-state index is 11.4. The van der Waals surface area contributed by atoms with Gasteiger partial charge in [-0.15, -0.1) is 0 Å². The van der Waals surface area contributed by atoms with E-state index in [2.05, 4.69) is 0 Å². The molecule has 0 spiro atoms. The van der Waals surface area contributed by atoms with Crippen LogP contribution in [0, 0.1) is 0 Å². The van der Waals surface area contributed by atoms with Crippen LogP contribution in [0.15, 0.2) is 0 Å². The fourth-order valence-electron chi connectivity index (χ4n) is 1.35. The molecule has 0 aliphatic rings. The highest BCUT2D eigenvalue weighted by molar-refractivity contribution is 5.69. The van der Waals surface area contributed by atoms with Crippen molar-refractivity contribution in [2.75, 3.05) is 52.9 Å². The molecule has 126 valence electrons. The van der Waals surface area contributed by atoms with Gasteiger partial charge in [-0.2, -0.15) is 0 Å². The molecule has 0 aliphatic heterocycles. The second kappa shape index (κ2) is 13.0. The SMILES string of the molecule is CCOCCOCCOCCOCCC(=O)OC(C)(C)C. The number of hydrogen-bond acceptors (Lipinski definition) is 6. The minimum absolute atomic E-state index is 0.244. The van der Waals surface area contributed by atoms with Crippen LogP contribution in [0.4, 0.5) is 0 Å². The minimum Gasteiger partial charge on any atom is -0.460 e.